The molecule has 4 heteroatoms. The van der Waals surface area contributed by atoms with Crippen LogP contribution in [0.15, 0.2) is 29.0 Å². The molecule has 0 spiro atoms. The van der Waals surface area contributed by atoms with Gasteiger partial charge in [0.15, 0.2) is 5.78 Å². The van der Waals surface area contributed by atoms with Gasteiger partial charge in [0, 0.05) is 15.7 Å². The van der Waals surface area contributed by atoms with Gasteiger partial charge in [0.2, 0.25) is 0 Å². The Hall–Kier alpha value is -1.42. The van der Waals surface area contributed by atoms with E-state index in [0.717, 1.165) is 28.6 Å². The predicted molar refractivity (Wildman–Crippen MR) is 77.9 cm³/mol. The van der Waals surface area contributed by atoms with Crippen LogP contribution < -0.4 is 0 Å². The Balaban J connectivity index is 2.19. The molecule has 0 atom stereocenters. The van der Waals surface area contributed by atoms with E-state index in [1.807, 2.05) is 24.5 Å². The number of aromatic nitrogens is 2. The van der Waals surface area contributed by atoms with Gasteiger partial charge in [-0.3, -0.25) is 4.79 Å². The number of aryl methyl sites for hydroxylation is 1. The van der Waals surface area contributed by atoms with E-state index in [4.69, 9.17) is 0 Å². The second kappa shape index (κ2) is 4.93. The standard InChI is InChI=1S/C15H15BrN2O/c1-10(19)12-7-6-11(16)8-15(12)18-9-17-13-4-2-3-5-14(13)18/h6-9H,2-5H2,1H3. The molecule has 3 rings (SSSR count). The zero-order chi connectivity index (χ0) is 13.4. The van der Waals surface area contributed by atoms with Gasteiger partial charge < -0.3 is 4.57 Å². The van der Waals surface area contributed by atoms with E-state index in [1.54, 1.807) is 6.92 Å². The molecule has 19 heavy (non-hydrogen) atoms. The number of fused-ring (bicyclic) bond motifs is 1. The Bertz CT molecular complexity index is 646. The molecular weight excluding hydrogens is 304 g/mol. The largest absolute Gasteiger partial charge is 0.302 e. The lowest BCUT2D eigenvalue weighted by molar-refractivity contribution is 0.101. The van der Waals surface area contributed by atoms with Gasteiger partial charge in [0.1, 0.15) is 0 Å². The molecule has 1 aliphatic rings. The van der Waals surface area contributed by atoms with Crippen molar-refractivity contribution in [3.05, 3.63) is 46.0 Å². The lowest BCUT2D eigenvalue weighted by Crippen LogP contribution is -2.09. The van der Waals surface area contributed by atoms with E-state index >= 15 is 0 Å². The predicted octanol–water partition coefficient (Wildman–Crippen LogP) is 3.72. The summed E-state index contributed by atoms with van der Waals surface area (Å²) in [5.74, 6) is 0.0840. The number of carbonyl (C=O) groups excluding carboxylic acids is 1. The lowest BCUT2D eigenvalue weighted by atomic mass is 10.0. The molecule has 0 N–H and O–H groups in total. The molecule has 0 radical (unpaired) electrons. The van der Waals surface area contributed by atoms with Gasteiger partial charge in [-0.15, -0.1) is 0 Å². The average molecular weight is 319 g/mol. The van der Waals surface area contributed by atoms with Crippen LogP contribution in [0, 0.1) is 0 Å². The number of rotatable bonds is 2. The van der Waals surface area contributed by atoms with E-state index in [-0.39, 0.29) is 5.78 Å². The maximum atomic E-state index is 11.8. The van der Waals surface area contributed by atoms with Crippen LogP contribution in [0.4, 0.5) is 0 Å². The first-order valence-corrected chi connectivity index (χ1v) is 7.32. The molecular formula is C15H15BrN2O. The van der Waals surface area contributed by atoms with Crippen molar-refractivity contribution in [2.45, 2.75) is 32.6 Å². The van der Waals surface area contributed by atoms with Crippen molar-refractivity contribution in [2.24, 2.45) is 0 Å². The minimum absolute atomic E-state index is 0.0840. The number of imidazole rings is 1. The molecule has 0 saturated heterocycles. The first-order valence-electron chi connectivity index (χ1n) is 6.53. The van der Waals surface area contributed by atoms with Crippen molar-refractivity contribution < 1.29 is 4.79 Å². The number of nitrogens with zero attached hydrogens (tertiary/aromatic N) is 2. The van der Waals surface area contributed by atoms with Crippen molar-refractivity contribution in [3.63, 3.8) is 0 Å². The zero-order valence-electron chi connectivity index (χ0n) is 10.8. The maximum absolute atomic E-state index is 11.8. The van der Waals surface area contributed by atoms with Crippen molar-refractivity contribution in [1.82, 2.24) is 9.55 Å². The molecule has 1 heterocycles. The van der Waals surface area contributed by atoms with E-state index in [0.29, 0.717) is 0 Å². The number of Topliss-reactive ketones (excluding diaryl/α,β-unsaturated/α-hetero) is 1. The van der Waals surface area contributed by atoms with Crippen LogP contribution in [0.1, 0.15) is 41.5 Å². The van der Waals surface area contributed by atoms with Crippen molar-refractivity contribution in [2.75, 3.05) is 0 Å². The summed E-state index contributed by atoms with van der Waals surface area (Å²) >= 11 is 3.48. The van der Waals surface area contributed by atoms with Crippen LogP contribution >= 0.6 is 15.9 Å². The molecule has 2 aromatic rings. The molecule has 0 fully saturated rings. The first-order chi connectivity index (χ1) is 9.16. The maximum Gasteiger partial charge on any atom is 0.161 e. The summed E-state index contributed by atoms with van der Waals surface area (Å²) in [6.07, 6.45) is 6.35. The zero-order valence-corrected chi connectivity index (χ0v) is 12.4. The van der Waals surface area contributed by atoms with Crippen LogP contribution in [-0.2, 0) is 12.8 Å². The van der Waals surface area contributed by atoms with Gasteiger partial charge in [-0.1, -0.05) is 15.9 Å². The fraction of sp³-hybridized carbons (Fsp3) is 0.333. The molecule has 3 nitrogen and oxygen atoms in total. The summed E-state index contributed by atoms with van der Waals surface area (Å²) in [4.78, 5) is 16.3. The highest BCUT2D eigenvalue weighted by Gasteiger charge is 2.18. The molecule has 1 aliphatic carbocycles. The van der Waals surface area contributed by atoms with Gasteiger partial charge in [-0.25, -0.2) is 4.98 Å². The molecule has 98 valence electrons. The van der Waals surface area contributed by atoms with E-state index in [1.165, 1.54) is 24.2 Å². The summed E-state index contributed by atoms with van der Waals surface area (Å²) in [7, 11) is 0. The third kappa shape index (κ3) is 2.25. The highest BCUT2D eigenvalue weighted by atomic mass is 79.9. The van der Waals surface area contributed by atoms with Gasteiger partial charge in [0.25, 0.3) is 0 Å². The molecule has 0 saturated carbocycles. The van der Waals surface area contributed by atoms with E-state index in [2.05, 4.69) is 25.5 Å². The number of hydrogen-bond acceptors (Lipinski definition) is 2. The van der Waals surface area contributed by atoms with Crippen LogP contribution in [0.3, 0.4) is 0 Å². The second-order valence-electron chi connectivity index (χ2n) is 4.93. The highest BCUT2D eigenvalue weighted by Crippen LogP contribution is 2.27. The summed E-state index contributed by atoms with van der Waals surface area (Å²) in [6.45, 7) is 1.61. The number of benzene rings is 1. The van der Waals surface area contributed by atoms with Crippen LogP contribution in [0.25, 0.3) is 5.69 Å². The van der Waals surface area contributed by atoms with Crippen molar-refractivity contribution in [3.8, 4) is 5.69 Å². The highest BCUT2D eigenvalue weighted by molar-refractivity contribution is 9.10. The Kier molecular flexibility index (Phi) is 3.27. The third-order valence-corrected chi connectivity index (χ3v) is 4.12. The molecule has 0 bridgehead atoms. The minimum atomic E-state index is 0.0840. The molecule has 0 aliphatic heterocycles. The minimum Gasteiger partial charge on any atom is -0.302 e. The SMILES string of the molecule is CC(=O)c1ccc(Br)cc1-n1cnc2c1CCCC2. The van der Waals surface area contributed by atoms with Gasteiger partial charge in [0.05, 0.1) is 17.7 Å². The Labute approximate surface area is 120 Å². The summed E-state index contributed by atoms with van der Waals surface area (Å²) < 4.78 is 3.06. The number of halogens is 1. The van der Waals surface area contributed by atoms with Gasteiger partial charge in [-0.2, -0.15) is 0 Å². The van der Waals surface area contributed by atoms with Crippen molar-refractivity contribution in [1.29, 1.82) is 0 Å². The quantitative estimate of drug-likeness (QED) is 0.791. The van der Waals surface area contributed by atoms with E-state index < -0.39 is 0 Å². The second-order valence-corrected chi connectivity index (χ2v) is 5.85. The summed E-state index contributed by atoms with van der Waals surface area (Å²) in [5.41, 5.74) is 4.11. The number of ketones is 1. The molecule has 1 aromatic carbocycles. The number of carbonyl (C=O) groups is 1. The normalized spacial score (nSPS) is 14.2. The first kappa shape index (κ1) is 12.6. The Morgan fingerprint density at radius 2 is 2.11 bits per heavy atom. The van der Waals surface area contributed by atoms with Crippen LogP contribution in [0.5, 0.6) is 0 Å². The topological polar surface area (TPSA) is 34.9 Å². The van der Waals surface area contributed by atoms with E-state index in [9.17, 15) is 4.79 Å². The Morgan fingerprint density at radius 3 is 2.89 bits per heavy atom. The monoisotopic (exact) mass is 318 g/mol. The molecule has 1 aromatic heterocycles. The fourth-order valence-electron chi connectivity index (χ4n) is 2.68. The fourth-order valence-corrected chi connectivity index (χ4v) is 3.03. The van der Waals surface area contributed by atoms with Gasteiger partial charge in [-0.05, 0) is 50.8 Å². The smallest absolute Gasteiger partial charge is 0.161 e. The molecule has 0 amide bonds. The van der Waals surface area contributed by atoms with Crippen LogP contribution in [-0.4, -0.2) is 15.3 Å². The lowest BCUT2D eigenvalue weighted by Gasteiger charge is -2.16. The third-order valence-electron chi connectivity index (χ3n) is 3.63. The number of hydrogen-bond donors (Lipinski definition) is 0. The Morgan fingerprint density at radius 1 is 1.32 bits per heavy atom. The average Bonchev–Trinajstić information content (AvgIpc) is 2.82. The van der Waals surface area contributed by atoms with Crippen molar-refractivity contribution >= 4 is 21.7 Å². The summed E-state index contributed by atoms with van der Waals surface area (Å²) in [5, 5.41) is 0. The molecule has 0 unspecified atom stereocenters. The summed E-state index contributed by atoms with van der Waals surface area (Å²) in [6, 6.07) is 5.77. The van der Waals surface area contributed by atoms with Crippen LogP contribution in [0.2, 0.25) is 0 Å². The van der Waals surface area contributed by atoms with Gasteiger partial charge >= 0.3 is 0 Å².